The smallest absolute Gasteiger partial charge is 0.324 e. The molecule has 2 N–H and O–H groups in total. The number of rotatable bonds is 20. The predicted molar refractivity (Wildman–Crippen MR) is 210 cm³/mol. The van der Waals surface area contributed by atoms with E-state index in [9.17, 15) is 19.6 Å². The quantitative estimate of drug-likeness (QED) is 0.0753. The summed E-state index contributed by atoms with van der Waals surface area (Å²) in [6, 6.07) is 25.9. The molecular formula is C41H54N5O8P. The Morgan fingerprint density at radius 3 is 1.98 bits per heavy atom. The van der Waals surface area contributed by atoms with Crippen molar-refractivity contribution in [1.82, 2.24) is 20.2 Å². The first-order valence-corrected chi connectivity index (χ1v) is 19.6. The lowest BCUT2D eigenvalue weighted by atomic mass is 9.80. The molecule has 1 heterocycles. The number of methoxy groups -OCH3 is 2. The second kappa shape index (κ2) is 20.4. The van der Waals surface area contributed by atoms with Gasteiger partial charge in [-0.25, -0.2) is 9.46 Å². The molecule has 13 nitrogen and oxygen atoms in total. The third-order valence-corrected chi connectivity index (χ3v) is 11.5. The Balaban J connectivity index is 1.78. The molecule has 55 heavy (non-hydrogen) atoms. The van der Waals surface area contributed by atoms with Crippen LogP contribution < -0.4 is 20.1 Å². The van der Waals surface area contributed by atoms with Gasteiger partial charge in [0.1, 0.15) is 23.6 Å². The molecule has 4 rings (SSSR count). The van der Waals surface area contributed by atoms with E-state index in [1.54, 1.807) is 21.1 Å². The molecule has 4 atom stereocenters. The maximum absolute atomic E-state index is 13.9. The first kappa shape index (κ1) is 43.2. The van der Waals surface area contributed by atoms with Crippen molar-refractivity contribution in [2.75, 3.05) is 40.5 Å². The van der Waals surface area contributed by atoms with Gasteiger partial charge in [-0.1, -0.05) is 61.5 Å². The predicted octanol–water partition coefficient (Wildman–Crippen LogP) is 6.37. The van der Waals surface area contributed by atoms with Gasteiger partial charge in [-0.3, -0.25) is 14.9 Å². The number of amides is 4. The minimum absolute atomic E-state index is 0.0443. The zero-order chi connectivity index (χ0) is 40.1. The Hall–Kier alpha value is -4.57. The molecule has 0 aromatic heterocycles. The molecule has 1 fully saturated rings. The van der Waals surface area contributed by atoms with E-state index in [1.165, 1.54) is 4.90 Å². The molecule has 1 aliphatic heterocycles. The van der Waals surface area contributed by atoms with Crippen LogP contribution in [0, 0.1) is 17.2 Å². The number of urea groups is 1. The highest BCUT2D eigenvalue weighted by Gasteiger charge is 2.40. The highest BCUT2D eigenvalue weighted by Crippen LogP contribution is 2.48. The van der Waals surface area contributed by atoms with E-state index in [-0.39, 0.29) is 50.7 Å². The Bertz CT molecular complexity index is 1680. The normalized spacial score (nSPS) is 16.4. The molecule has 0 aliphatic carbocycles. The summed E-state index contributed by atoms with van der Waals surface area (Å²) in [7, 11) is 1.53. The third-order valence-electron chi connectivity index (χ3n) is 9.28. The second-order valence-corrected chi connectivity index (χ2v) is 15.3. The van der Waals surface area contributed by atoms with Gasteiger partial charge < -0.3 is 33.5 Å². The van der Waals surface area contributed by atoms with Crippen LogP contribution in [-0.2, 0) is 29.0 Å². The van der Waals surface area contributed by atoms with E-state index in [1.807, 2.05) is 113 Å². The molecule has 0 spiro atoms. The van der Waals surface area contributed by atoms with Gasteiger partial charge in [-0.2, -0.15) is 5.26 Å². The van der Waals surface area contributed by atoms with Crippen molar-refractivity contribution in [3.05, 3.63) is 95.6 Å². The molecule has 296 valence electrons. The molecule has 1 aliphatic rings. The van der Waals surface area contributed by atoms with Gasteiger partial charge in [-0.15, -0.1) is 0 Å². The van der Waals surface area contributed by atoms with Crippen molar-refractivity contribution < 1.29 is 37.6 Å². The SMILES string of the molecule is COc1ccc(C(OC[C@@H](NC(=O)CN2CC(C)C(=O)NC2=O)[C@@H](C)OP(OCCC#N)N(C(C)C)C(C)C)(c2ccccc2)c2ccc(OC)cc2)cc1. The molecule has 4 amide bonds. The van der Waals surface area contributed by atoms with Gasteiger partial charge in [0.05, 0.1) is 58.0 Å². The Morgan fingerprint density at radius 2 is 1.47 bits per heavy atom. The van der Waals surface area contributed by atoms with Crippen molar-refractivity contribution in [2.45, 2.75) is 77.8 Å². The van der Waals surface area contributed by atoms with Crippen molar-refractivity contribution in [2.24, 2.45) is 5.92 Å². The second-order valence-electron chi connectivity index (χ2n) is 13.9. The molecular weight excluding hydrogens is 721 g/mol. The summed E-state index contributed by atoms with van der Waals surface area (Å²) in [6.45, 7) is 11.7. The Morgan fingerprint density at radius 1 is 0.927 bits per heavy atom. The van der Waals surface area contributed by atoms with E-state index in [0.717, 1.165) is 16.7 Å². The standard InChI is InChI=1S/C41H54N5O8P/c1-28(2)46(29(3)4)55(53-24-12-23-42)54-31(6)37(43-38(47)26-45-25-30(5)39(48)44-40(45)49)27-52-41(32-13-10-9-11-14-32,33-15-19-35(50-7)20-16-33)34-17-21-36(51-8)22-18-34/h9-11,13-22,28-31,37H,12,24-27H2,1-8H3,(H,43,47)(H,44,48,49)/t30?,31-,37-,55?/m1/s1. The van der Waals surface area contributed by atoms with E-state index >= 15 is 0 Å². The fourth-order valence-corrected chi connectivity index (χ4v) is 8.20. The minimum Gasteiger partial charge on any atom is -0.497 e. The fraction of sp³-hybridized carbons (Fsp3) is 0.463. The third kappa shape index (κ3) is 11.0. The van der Waals surface area contributed by atoms with E-state index < -0.39 is 44.1 Å². The van der Waals surface area contributed by atoms with Gasteiger partial charge in [0.25, 0.3) is 8.53 Å². The summed E-state index contributed by atoms with van der Waals surface area (Å²) in [5.41, 5.74) is 1.25. The van der Waals surface area contributed by atoms with Crippen LogP contribution in [0.15, 0.2) is 78.9 Å². The average molecular weight is 776 g/mol. The lowest BCUT2D eigenvalue weighted by molar-refractivity contribution is -0.128. The maximum atomic E-state index is 13.9. The maximum Gasteiger partial charge on any atom is 0.324 e. The molecule has 3 aromatic rings. The number of carbonyl (C=O) groups is 3. The summed E-state index contributed by atoms with van der Waals surface area (Å²) in [6.07, 6.45) is -0.500. The van der Waals surface area contributed by atoms with Crippen LogP contribution in [0.1, 0.15) is 64.7 Å². The molecule has 3 aromatic carbocycles. The molecule has 0 radical (unpaired) electrons. The number of hydrogen-bond donors (Lipinski definition) is 2. The molecule has 14 heteroatoms. The summed E-state index contributed by atoms with van der Waals surface area (Å²) in [5.74, 6) is 0.0395. The number of carbonyl (C=O) groups excluding carboxylic acids is 3. The summed E-state index contributed by atoms with van der Waals surface area (Å²) in [5, 5.41) is 14.7. The number of hydrogen-bond acceptors (Lipinski definition) is 10. The first-order chi connectivity index (χ1) is 26.3. The number of imide groups is 1. The monoisotopic (exact) mass is 775 g/mol. The summed E-state index contributed by atoms with van der Waals surface area (Å²) < 4.78 is 33.3. The lowest BCUT2D eigenvalue weighted by Gasteiger charge is -2.40. The van der Waals surface area contributed by atoms with E-state index in [0.29, 0.717) is 11.5 Å². The molecule has 2 unspecified atom stereocenters. The Labute approximate surface area is 326 Å². The fourth-order valence-electron chi connectivity index (χ4n) is 6.46. The van der Waals surface area contributed by atoms with Gasteiger partial charge in [0.2, 0.25) is 11.8 Å². The van der Waals surface area contributed by atoms with Crippen LogP contribution in [-0.4, -0.2) is 92.2 Å². The van der Waals surface area contributed by atoms with Crippen molar-refractivity contribution in [3.8, 4) is 17.6 Å². The van der Waals surface area contributed by atoms with E-state index in [2.05, 4.69) is 21.4 Å². The number of benzene rings is 3. The van der Waals surface area contributed by atoms with E-state index in [4.69, 9.17) is 23.3 Å². The van der Waals surface area contributed by atoms with Crippen LogP contribution in [0.25, 0.3) is 0 Å². The number of ether oxygens (including phenoxy) is 3. The van der Waals surface area contributed by atoms with Gasteiger partial charge >= 0.3 is 6.03 Å². The first-order valence-electron chi connectivity index (χ1n) is 18.5. The minimum atomic E-state index is -1.69. The van der Waals surface area contributed by atoms with Crippen molar-refractivity contribution >= 4 is 26.4 Å². The summed E-state index contributed by atoms with van der Waals surface area (Å²) >= 11 is 0. The lowest BCUT2D eigenvalue weighted by Crippen LogP contribution is -2.57. The number of nitrogens with zero attached hydrogens (tertiary/aromatic N) is 3. The van der Waals surface area contributed by atoms with Crippen LogP contribution in [0.2, 0.25) is 0 Å². The highest BCUT2D eigenvalue weighted by atomic mass is 31.2. The van der Waals surface area contributed by atoms with Gasteiger partial charge in [-0.05, 0) is 75.6 Å². The van der Waals surface area contributed by atoms with Crippen molar-refractivity contribution in [3.63, 3.8) is 0 Å². The molecule has 0 bridgehead atoms. The average Bonchev–Trinajstić information content (AvgIpc) is 3.17. The molecule has 1 saturated heterocycles. The molecule has 0 saturated carbocycles. The van der Waals surface area contributed by atoms with Gasteiger partial charge in [0, 0.05) is 18.6 Å². The van der Waals surface area contributed by atoms with Crippen LogP contribution in [0.3, 0.4) is 0 Å². The Kier molecular flexibility index (Phi) is 16.0. The van der Waals surface area contributed by atoms with Crippen molar-refractivity contribution in [1.29, 1.82) is 5.26 Å². The van der Waals surface area contributed by atoms with Crippen LogP contribution in [0.5, 0.6) is 11.5 Å². The zero-order valence-corrected chi connectivity index (χ0v) is 33.9. The van der Waals surface area contributed by atoms with Crippen LogP contribution in [0.4, 0.5) is 4.79 Å². The summed E-state index contributed by atoms with van der Waals surface area (Å²) in [4.78, 5) is 40.0. The highest BCUT2D eigenvalue weighted by molar-refractivity contribution is 7.44. The zero-order valence-electron chi connectivity index (χ0n) is 33.0. The number of nitriles is 1. The largest absolute Gasteiger partial charge is 0.497 e. The van der Waals surface area contributed by atoms with Gasteiger partial charge in [0.15, 0.2) is 0 Å². The van der Waals surface area contributed by atoms with Crippen LogP contribution >= 0.6 is 8.53 Å². The number of nitrogens with one attached hydrogen (secondary N) is 2. The topological polar surface area (TPSA) is 152 Å².